The zero-order valence-electron chi connectivity index (χ0n) is 2.17. The van der Waals surface area contributed by atoms with Gasteiger partial charge in [-0.1, -0.05) is 0 Å². The van der Waals surface area contributed by atoms with Crippen LogP contribution < -0.4 is 0 Å². The maximum absolute atomic E-state index is 8.30. The van der Waals surface area contributed by atoms with Crippen LogP contribution in [0.4, 0.5) is 0 Å². The first-order valence-electron chi connectivity index (χ1n) is 0.183. The van der Waals surface area contributed by atoms with E-state index in [1.807, 2.05) is 0 Å². The van der Waals surface area contributed by atoms with Gasteiger partial charge in [0, 0.05) is 16.5 Å². The van der Waals surface area contributed by atoms with Gasteiger partial charge in [-0.15, -0.1) is 0 Å². The summed E-state index contributed by atoms with van der Waals surface area (Å²) in [7, 11) is 0. The van der Waals surface area contributed by atoms with E-state index in [4.69, 9.17) is 3.25 Å². The van der Waals surface area contributed by atoms with Gasteiger partial charge in [0.25, 0.3) is 0 Å². The molecule has 0 bridgehead atoms. The molecule has 4 N–H and O–H groups in total. The van der Waals surface area contributed by atoms with Gasteiger partial charge in [-0.25, -0.2) is 0 Å². The van der Waals surface area contributed by atoms with Crippen LogP contribution in [0.25, 0.3) is 0 Å². The number of hydrogen-bond donors (Lipinski definition) is 0. The SMILES string of the molecule is O.O.[CaH2].[Ni].[O]=[Nb]. The van der Waals surface area contributed by atoms with Crippen molar-refractivity contribution in [2.24, 2.45) is 0 Å². The van der Waals surface area contributed by atoms with Crippen LogP contribution in [0.5, 0.6) is 0 Å². The molecule has 0 spiro atoms. The van der Waals surface area contributed by atoms with E-state index in [1.54, 1.807) is 0 Å². The van der Waals surface area contributed by atoms with Crippen LogP contribution in [-0.4, -0.2) is 48.7 Å². The van der Waals surface area contributed by atoms with Gasteiger partial charge in [0.15, 0.2) is 0 Å². The molecule has 3 nitrogen and oxygen atoms in total. The normalized spacial score (nSPS) is 0.500. The molecule has 0 atom stereocenters. The van der Waals surface area contributed by atoms with E-state index in [2.05, 4.69) is 0 Å². The number of rotatable bonds is 0. The molecule has 0 saturated heterocycles. The van der Waals surface area contributed by atoms with Crippen LogP contribution >= 0.6 is 0 Å². The van der Waals surface area contributed by atoms with Crippen molar-refractivity contribution in [2.75, 3.05) is 0 Å². The second-order valence-electron chi connectivity index (χ2n) is 0. The van der Waals surface area contributed by atoms with Crippen molar-refractivity contribution in [3.05, 3.63) is 0 Å². The molecule has 41 valence electrons. The standard InChI is InChI=1S/Ca.Nb.Ni.2H2O.O.2H/h;;;2*1H2;;;. The van der Waals surface area contributed by atoms with E-state index < -0.39 is 0 Å². The summed E-state index contributed by atoms with van der Waals surface area (Å²) in [4.78, 5) is 0. The minimum atomic E-state index is 0. The Bertz CT molecular complexity index is 10.8. The molecule has 0 rings (SSSR count). The Hall–Kier alpha value is 2.21. The van der Waals surface area contributed by atoms with Crippen molar-refractivity contribution < 1.29 is 51.7 Å². The second kappa shape index (κ2) is 56.8. The molecule has 0 heterocycles. The topological polar surface area (TPSA) is 80.1 Å². The molecule has 6 heavy (non-hydrogen) atoms. The van der Waals surface area contributed by atoms with Gasteiger partial charge in [0.05, 0.1) is 0 Å². The first-order valence-corrected chi connectivity index (χ1v) is 1.08. The van der Waals surface area contributed by atoms with Crippen LogP contribution in [0.2, 0.25) is 0 Å². The maximum atomic E-state index is 8.30. The van der Waals surface area contributed by atoms with Crippen molar-refractivity contribution in [2.45, 2.75) is 0 Å². The molecule has 0 aliphatic rings. The molecule has 0 amide bonds. The average Bonchev–Trinajstić information content (AvgIpc) is 1.00. The molecule has 0 aromatic carbocycles. The van der Waals surface area contributed by atoms with Crippen LogP contribution in [0, 0.1) is 0 Å². The molecular formula is H6CaNbNiO3. The monoisotopic (exact) mass is 245 g/mol. The first kappa shape index (κ1) is 41.4. The van der Waals surface area contributed by atoms with Gasteiger partial charge in [0.1, 0.15) is 0 Å². The molecule has 0 radical (unpaired) electrons. The fourth-order valence-electron chi connectivity index (χ4n) is 0. The fourth-order valence-corrected chi connectivity index (χ4v) is 0. The van der Waals surface area contributed by atoms with Crippen LogP contribution in [0.15, 0.2) is 0 Å². The van der Waals surface area contributed by atoms with Gasteiger partial charge in [-0.05, 0) is 0 Å². The molecule has 0 aromatic heterocycles. The second-order valence-corrected chi connectivity index (χ2v) is 0. The van der Waals surface area contributed by atoms with Crippen molar-refractivity contribution in [3.8, 4) is 0 Å². The quantitative estimate of drug-likeness (QED) is 0.428. The summed E-state index contributed by atoms with van der Waals surface area (Å²) in [5.74, 6) is 0. The third-order valence-corrected chi connectivity index (χ3v) is 0. The van der Waals surface area contributed by atoms with E-state index in [-0.39, 0.29) is 65.2 Å². The van der Waals surface area contributed by atoms with Gasteiger partial charge in [-0.3, -0.25) is 0 Å². The van der Waals surface area contributed by atoms with Gasteiger partial charge in [0.2, 0.25) is 0 Å². The molecule has 0 fully saturated rings. The van der Waals surface area contributed by atoms with Gasteiger partial charge < -0.3 is 11.0 Å². The van der Waals surface area contributed by atoms with Crippen molar-refractivity contribution in [1.29, 1.82) is 0 Å². The molecule has 0 aromatic rings. The fraction of sp³-hybridized carbons (Fsp3) is 0. The van der Waals surface area contributed by atoms with Crippen LogP contribution in [-0.2, 0) is 40.8 Å². The van der Waals surface area contributed by atoms with E-state index >= 15 is 0 Å². The Morgan fingerprint density at radius 2 is 1.00 bits per heavy atom. The van der Waals surface area contributed by atoms with E-state index in [0.717, 1.165) is 0 Å². The zero-order chi connectivity index (χ0) is 2.00. The van der Waals surface area contributed by atoms with Crippen LogP contribution in [0.1, 0.15) is 0 Å². The Morgan fingerprint density at radius 3 is 1.00 bits per heavy atom. The predicted octanol–water partition coefficient (Wildman–Crippen LogP) is -2.69. The summed E-state index contributed by atoms with van der Waals surface area (Å²) in [6.45, 7) is 0. The molecule has 0 aliphatic carbocycles. The third kappa shape index (κ3) is 34.5. The molecule has 0 aliphatic heterocycles. The summed E-state index contributed by atoms with van der Waals surface area (Å²) in [5.41, 5.74) is 0. The molecular weight excluding hydrogens is 240 g/mol. The van der Waals surface area contributed by atoms with Crippen LogP contribution in [0.3, 0.4) is 0 Å². The van der Waals surface area contributed by atoms with Crippen molar-refractivity contribution >= 4 is 37.7 Å². The van der Waals surface area contributed by atoms with E-state index in [0.29, 0.717) is 21.0 Å². The van der Waals surface area contributed by atoms with Crippen molar-refractivity contribution in [1.82, 2.24) is 0 Å². The average molecular weight is 246 g/mol. The van der Waals surface area contributed by atoms with Gasteiger partial charge in [-0.2, -0.15) is 0 Å². The van der Waals surface area contributed by atoms with E-state index in [1.165, 1.54) is 0 Å². The Kier molecular flexibility index (Phi) is 392. The first-order chi connectivity index (χ1) is 1.00. The van der Waals surface area contributed by atoms with Gasteiger partial charge >= 0.3 is 62.0 Å². The minimum absolute atomic E-state index is 0. The molecule has 0 unspecified atom stereocenters. The Morgan fingerprint density at radius 1 is 1.00 bits per heavy atom. The Labute approximate surface area is 88.0 Å². The Balaban J connectivity index is -0.000000000833. The predicted molar refractivity (Wildman–Crippen MR) is 16.5 cm³/mol. The van der Waals surface area contributed by atoms with Crippen molar-refractivity contribution in [3.63, 3.8) is 0 Å². The van der Waals surface area contributed by atoms with E-state index in [9.17, 15) is 0 Å². The summed E-state index contributed by atoms with van der Waals surface area (Å²) in [6.07, 6.45) is 0. The summed E-state index contributed by atoms with van der Waals surface area (Å²) >= 11 is 0.500. The molecule has 0 saturated carbocycles. The summed E-state index contributed by atoms with van der Waals surface area (Å²) in [6, 6.07) is 0. The number of hydrogen-bond acceptors (Lipinski definition) is 1. The summed E-state index contributed by atoms with van der Waals surface area (Å²) in [5, 5.41) is 0. The zero-order valence-corrected chi connectivity index (χ0v) is 5.36. The summed E-state index contributed by atoms with van der Waals surface area (Å²) < 4.78 is 8.30. The third-order valence-electron chi connectivity index (χ3n) is 0. The molecule has 6 heteroatoms.